The molecule has 114 valence electrons. The molecule has 0 radical (unpaired) electrons. The van der Waals surface area contributed by atoms with Crippen LogP contribution in [0, 0.1) is 0 Å². The average Bonchev–Trinajstić information content (AvgIpc) is 2.88. The average molecular weight is 307 g/mol. The van der Waals surface area contributed by atoms with Crippen LogP contribution in [0.2, 0.25) is 0 Å². The lowest BCUT2D eigenvalue weighted by Crippen LogP contribution is -2.05. The Bertz CT molecular complexity index is 811. The molecular weight excluding hydrogens is 295 g/mol. The molecular formula is C15H12F3N3O. The number of pyridine rings is 1. The van der Waals surface area contributed by atoms with E-state index in [0.717, 1.165) is 12.1 Å². The maximum Gasteiger partial charge on any atom is 0.416 e. The zero-order valence-electron chi connectivity index (χ0n) is 11.6. The summed E-state index contributed by atoms with van der Waals surface area (Å²) in [5, 5.41) is 4.27. The molecule has 0 saturated heterocycles. The summed E-state index contributed by atoms with van der Waals surface area (Å²) in [6.45, 7) is 0. The Morgan fingerprint density at radius 3 is 2.64 bits per heavy atom. The second-order valence-electron chi connectivity index (χ2n) is 4.74. The third-order valence-corrected chi connectivity index (χ3v) is 3.19. The van der Waals surface area contributed by atoms with Gasteiger partial charge < -0.3 is 4.74 Å². The largest absolute Gasteiger partial charge is 0.481 e. The molecule has 0 fully saturated rings. The van der Waals surface area contributed by atoms with Gasteiger partial charge in [0.05, 0.1) is 12.7 Å². The summed E-state index contributed by atoms with van der Waals surface area (Å²) in [4.78, 5) is 4.30. The van der Waals surface area contributed by atoms with E-state index in [1.807, 2.05) is 0 Å². The second kappa shape index (κ2) is 5.32. The van der Waals surface area contributed by atoms with E-state index in [0.29, 0.717) is 22.9 Å². The van der Waals surface area contributed by atoms with E-state index in [4.69, 9.17) is 4.74 Å². The number of benzene rings is 1. The molecule has 0 aliphatic heterocycles. The molecule has 3 rings (SSSR count). The molecule has 3 aromatic rings. The second-order valence-corrected chi connectivity index (χ2v) is 4.74. The minimum absolute atomic E-state index is 0.217. The van der Waals surface area contributed by atoms with Gasteiger partial charge in [-0.15, -0.1) is 5.10 Å². The third-order valence-electron chi connectivity index (χ3n) is 3.19. The van der Waals surface area contributed by atoms with Crippen molar-refractivity contribution in [2.75, 3.05) is 7.11 Å². The Morgan fingerprint density at radius 1 is 1.14 bits per heavy atom. The SMILES string of the molecule is COc1cccc2nc(Cc3cccc(C(F)(F)F)c3)nn12. The third kappa shape index (κ3) is 2.74. The van der Waals surface area contributed by atoms with Gasteiger partial charge in [0.15, 0.2) is 11.5 Å². The van der Waals surface area contributed by atoms with Crippen molar-refractivity contribution in [2.45, 2.75) is 12.6 Å². The lowest BCUT2D eigenvalue weighted by molar-refractivity contribution is -0.137. The molecule has 0 spiro atoms. The normalized spacial score (nSPS) is 11.8. The smallest absolute Gasteiger partial charge is 0.416 e. The van der Waals surface area contributed by atoms with Gasteiger partial charge >= 0.3 is 6.18 Å². The molecule has 2 aromatic heterocycles. The van der Waals surface area contributed by atoms with Crippen LogP contribution in [0.5, 0.6) is 5.88 Å². The summed E-state index contributed by atoms with van der Waals surface area (Å²) < 4.78 is 44.8. The van der Waals surface area contributed by atoms with E-state index in [1.54, 1.807) is 24.3 Å². The van der Waals surface area contributed by atoms with Crippen molar-refractivity contribution in [1.29, 1.82) is 0 Å². The molecule has 0 saturated carbocycles. The van der Waals surface area contributed by atoms with Crippen LogP contribution in [0.3, 0.4) is 0 Å². The molecule has 4 nitrogen and oxygen atoms in total. The van der Waals surface area contributed by atoms with E-state index in [1.165, 1.54) is 17.7 Å². The van der Waals surface area contributed by atoms with Crippen molar-refractivity contribution in [3.63, 3.8) is 0 Å². The van der Waals surface area contributed by atoms with Gasteiger partial charge in [0.25, 0.3) is 0 Å². The molecule has 22 heavy (non-hydrogen) atoms. The summed E-state index contributed by atoms with van der Waals surface area (Å²) in [6.07, 6.45) is -4.14. The summed E-state index contributed by atoms with van der Waals surface area (Å²) in [7, 11) is 1.52. The summed E-state index contributed by atoms with van der Waals surface area (Å²) in [6, 6.07) is 10.4. The van der Waals surface area contributed by atoms with Crippen LogP contribution < -0.4 is 4.74 Å². The van der Waals surface area contributed by atoms with Crippen molar-refractivity contribution in [2.24, 2.45) is 0 Å². The molecule has 1 aromatic carbocycles. The van der Waals surface area contributed by atoms with Crippen LogP contribution in [-0.2, 0) is 12.6 Å². The fraction of sp³-hybridized carbons (Fsp3) is 0.200. The fourth-order valence-corrected chi connectivity index (χ4v) is 2.20. The molecule has 0 unspecified atom stereocenters. The zero-order chi connectivity index (χ0) is 15.7. The molecule has 0 amide bonds. The van der Waals surface area contributed by atoms with Gasteiger partial charge in [-0.25, -0.2) is 4.98 Å². The van der Waals surface area contributed by atoms with Crippen LogP contribution in [0.25, 0.3) is 5.65 Å². The predicted octanol–water partition coefficient (Wildman–Crippen LogP) is 3.35. The number of hydrogen-bond acceptors (Lipinski definition) is 3. The quantitative estimate of drug-likeness (QED) is 0.745. The lowest BCUT2D eigenvalue weighted by atomic mass is 10.1. The van der Waals surface area contributed by atoms with Crippen molar-refractivity contribution in [3.8, 4) is 5.88 Å². The first-order chi connectivity index (χ1) is 10.5. The van der Waals surface area contributed by atoms with Crippen LogP contribution in [0.1, 0.15) is 17.0 Å². The van der Waals surface area contributed by atoms with Gasteiger partial charge in [-0.2, -0.15) is 17.7 Å². The first-order valence-corrected chi connectivity index (χ1v) is 6.52. The van der Waals surface area contributed by atoms with Gasteiger partial charge in [-0.3, -0.25) is 0 Å². The molecule has 0 atom stereocenters. The van der Waals surface area contributed by atoms with E-state index >= 15 is 0 Å². The number of methoxy groups -OCH3 is 1. The number of nitrogens with zero attached hydrogens (tertiary/aromatic N) is 3. The Kier molecular flexibility index (Phi) is 3.48. The highest BCUT2D eigenvalue weighted by Crippen LogP contribution is 2.29. The fourth-order valence-electron chi connectivity index (χ4n) is 2.20. The maximum absolute atomic E-state index is 12.7. The Morgan fingerprint density at radius 2 is 1.91 bits per heavy atom. The number of hydrogen-bond donors (Lipinski definition) is 0. The molecule has 2 heterocycles. The first kappa shape index (κ1) is 14.4. The number of ether oxygens (including phenoxy) is 1. The predicted molar refractivity (Wildman–Crippen MR) is 73.8 cm³/mol. The highest BCUT2D eigenvalue weighted by atomic mass is 19.4. The first-order valence-electron chi connectivity index (χ1n) is 6.52. The zero-order valence-corrected chi connectivity index (χ0v) is 11.6. The Labute approximate surface area is 124 Å². The summed E-state index contributed by atoms with van der Waals surface area (Å²) in [5.41, 5.74) is 0.414. The summed E-state index contributed by atoms with van der Waals surface area (Å²) >= 11 is 0. The number of aromatic nitrogens is 3. The van der Waals surface area contributed by atoms with E-state index < -0.39 is 11.7 Å². The van der Waals surface area contributed by atoms with Crippen molar-refractivity contribution in [3.05, 3.63) is 59.4 Å². The van der Waals surface area contributed by atoms with Gasteiger partial charge in [0.1, 0.15) is 0 Å². The summed E-state index contributed by atoms with van der Waals surface area (Å²) in [5.74, 6) is 0.948. The lowest BCUT2D eigenvalue weighted by Gasteiger charge is -2.07. The maximum atomic E-state index is 12.7. The van der Waals surface area contributed by atoms with Crippen molar-refractivity contribution in [1.82, 2.24) is 14.6 Å². The van der Waals surface area contributed by atoms with Crippen LogP contribution in [0.15, 0.2) is 42.5 Å². The van der Waals surface area contributed by atoms with Gasteiger partial charge in [-0.05, 0) is 17.7 Å². The molecule has 0 N–H and O–H groups in total. The van der Waals surface area contributed by atoms with E-state index in [-0.39, 0.29) is 6.42 Å². The number of rotatable bonds is 3. The van der Waals surface area contributed by atoms with Gasteiger partial charge in [0, 0.05) is 12.5 Å². The highest BCUT2D eigenvalue weighted by molar-refractivity contribution is 5.41. The van der Waals surface area contributed by atoms with Gasteiger partial charge in [-0.1, -0.05) is 24.3 Å². The Hall–Kier alpha value is -2.57. The minimum atomic E-state index is -4.36. The monoisotopic (exact) mass is 307 g/mol. The van der Waals surface area contributed by atoms with E-state index in [2.05, 4.69) is 10.1 Å². The molecule has 0 bridgehead atoms. The topological polar surface area (TPSA) is 39.4 Å². The van der Waals surface area contributed by atoms with Gasteiger partial charge in [0.2, 0.25) is 5.88 Å². The van der Waals surface area contributed by atoms with Crippen LogP contribution in [0.4, 0.5) is 13.2 Å². The molecule has 7 heteroatoms. The minimum Gasteiger partial charge on any atom is -0.481 e. The van der Waals surface area contributed by atoms with Crippen molar-refractivity contribution >= 4 is 5.65 Å². The standard InChI is InChI=1S/C15H12F3N3O/c1-22-14-7-3-6-13-19-12(20-21(13)14)9-10-4-2-5-11(8-10)15(16,17)18/h2-8H,9H2,1H3. The highest BCUT2D eigenvalue weighted by Gasteiger charge is 2.30. The molecule has 0 aliphatic rings. The molecule has 0 aliphatic carbocycles. The number of fused-ring (bicyclic) bond motifs is 1. The van der Waals surface area contributed by atoms with E-state index in [9.17, 15) is 13.2 Å². The number of halogens is 3. The van der Waals surface area contributed by atoms with Crippen LogP contribution >= 0.6 is 0 Å². The Balaban J connectivity index is 1.93. The van der Waals surface area contributed by atoms with Crippen molar-refractivity contribution < 1.29 is 17.9 Å². The van der Waals surface area contributed by atoms with Crippen LogP contribution in [-0.4, -0.2) is 21.7 Å². The number of alkyl halides is 3.